The first-order valence-electron chi connectivity index (χ1n) is 10.3. The first kappa shape index (κ1) is 21.7. The molecule has 2 aliphatic rings. The molecule has 2 fully saturated rings. The maximum atomic E-state index is 13.0. The highest BCUT2D eigenvalue weighted by Crippen LogP contribution is 2.21. The van der Waals surface area contributed by atoms with E-state index in [0.29, 0.717) is 31.1 Å². The minimum Gasteiger partial charge on any atom is -0.335 e. The Bertz CT molecular complexity index is 857. The minimum absolute atomic E-state index is 0.161. The summed E-state index contributed by atoms with van der Waals surface area (Å²) < 4.78 is 27.5. The van der Waals surface area contributed by atoms with Gasteiger partial charge in [0.15, 0.2) is 6.54 Å². The predicted octanol–water partition coefficient (Wildman–Crippen LogP) is -0.0390. The second-order valence-electron chi connectivity index (χ2n) is 8.10. The average molecular weight is 424 g/mol. The van der Waals surface area contributed by atoms with Crippen molar-refractivity contribution in [3.05, 3.63) is 29.3 Å². The molecule has 0 unspecified atom stereocenters. The van der Waals surface area contributed by atoms with E-state index in [1.807, 2.05) is 19.1 Å². The predicted molar refractivity (Wildman–Crippen MR) is 109 cm³/mol. The molecule has 0 bridgehead atoms. The number of hydrogen-bond acceptors (Lipinski definition) is 4. The van der Waals surface area contributed by atoms with E-state index in [1.165, 1.54) is 4.31 Å². The first-order chi connectivity index (χ1) is 13.8. The Kier molecular flexibility index (Phi) is 6.92. The van der Waals surface area contributed by atoms with Crippen molar-refractivity contribution in [2.24, 2.45) is 0 Å². The zero-order valence-electron chi connectivity index (χ0n) is 17.2. The van der Waals surface area contributed by atoms with Crippen molar-refractivity contribution in [2.45, 2.75) is 50.5 Å². The van der Waals surface area contributed by atoms with Crippen LogP contribution in [0.25, 0.3) is 0 Å². The fourth-order valence-corrected chi connectivity index (χ4v) is 5.78. The second-order valence-corrected chi connectivity index (χ2v) is 10.0. The number of hydrogen-bond donors (Lipinski definition) is 3. The summed E-state index contributed by atoms with van der Waals surface area (Å²) in [5.74, 6) is -0.332. The summed E-state index contributed by atoms with van der Waals surface area (Å²) in [6.45, 7) is 5.61. The zero-order valence-corrected chi connectivity index (χ0v) is 18.0. The summed E-state index contributed by atoms with van der Waals surface area (Å²) in [6.07, 6.45) is 4.14. The summed E-state index contributed by atoms with van der Waals surface area (Å²) >= 11 is 0. The normalized spacial score (nSPS) is 19.2. The van der Waals surface area contributed by atoms with Gasteiger partial charge in [0.25, 0.3) is 5.91 Å². The van der Waals surface area contributed by atoms with E-state index < -0.39 is 16.1 Å². The molecule has 9 heteroatoms. The highest BCUT2D eigenvalue weighted by molar-refractivity contribution is 7.89. The van der Waals surface area contributed by atoms with Crippen molar-refractivity contribution in [1.29, 1.82) is 0 Å². The third-order valence-corrected chi connectivity index (χ3v) is 7.79. The number of rotatable bonds is 5. The number of amides is 3. The molecule has 0 radical (unpaired) electrons. The van der Waals surface area contributed by atoms with Gasteiger partial charge in [0, 0.05) is 6.04 Å². The van der Waals surface area contributed by atoms with Gasteiger partial charge in [-0.1, -0.05) is 25.0 Å². The molecule has 1 aliphatic heterocycles. The first-order valence-corrected chi connectivity index (χ1v) is 11.7. The van der Waals surface area contributed by atoms with Crippen molar-refractivity contribution in [2.75, 3.05) is 32.7 Å². The molecule has 3 rings (SSSR count). The maximum absolute atomic E-state index is 13.0. The largest absolute Gasteiger partial charge is 0.335 e. The average Bonchev–Trinajstić information content (AvgIpc) is 3.16. The Morgan fingerprint density at radius 2 is 1.79 bits per heavy atom. The van der Waals surface area contributed by atoms with Gasteiger partial charge < -0.3 is 10.2 Å². The van der Waals surface area contributed by atoms with E-state index in [1.54, 1.807) is 13.0 Å². The van der Waals surface area contributed by atoms with Gasteiger partial charge >= 0.3 is 6.03 Å². The number of urea groups is 1. The Labute approximate surface area is 172 Å². The van der Waals surface area contributed by atoms with Crippen LogP contribution in [0.3, 0.4) is 0 Å². The number of carbonyl (C=O) groups is 2. The van der Waals surface area contributed by atoms with Crippen LogP contribution in [0.15, 0.2) is 23.1 Å². The van der Waals surface area contributed by atoms with E-state index in [2.05, 4.69) is 10.6 Å². The van der Waals surface area contributed by atoms with Crippen molar-refractivity contribution in [1.82, 2.24) is 14.9 Å². The third kappa shape index (κ3) is 5.55. The van der Waals surface area contributed by atoms with Gasteiger partial charge in [-0.3, -0.25) is 10.1 Å². The van der Waals surface area contributed by atoms with Crippen LogP contribution in [0.5, 0.6) is 0 Å². The molecule has 1 saturated carbocycles. The van der Waals surface area contributed by atoms with E-state index in [0.717, 1.165) is 41.7 Å². The quantitative estimate of drug-likeness (QED) is 0.619. The molecule has 1 aliphatic carbocycles. The number of imide groups is 1. The SMILES string of the molecule is Cc1ccc(C)c(S(=O)(=O)N2CC[NH+](CC(=O)NC(=O)NC3CCCC3)CC2)c1. The number of aryl methyl sites for hydroxylation is 2. The van der Waals surface area contributed by atoms with Gasteiger partial charge in [0.1, 0.15) is 0 Å². The molecule has 1 aromatic carbocycles. The molecule has 29 heavy (non-hydrogen) atoms. The van der Waals surface area contributed by atoms with Crippen molar-refractivity contribution >= 4 is 22.0 Å². The number of benzene rings is 1. The van der Waals surface area contributed by atoms with Crippen molar-refractivity contribution in [3.63, 3.8) is 0 Å². The van der Waals surface area contributed by atoms with Crippen LogP contribution in [0.4, 0.5) is 4.79 Å². The number of nitrogens with one attached hydrogen (secondary N) is 3. The van der Waals surface area contributed by atoms with Crippen LogP contribution in [0.1, 0.15) is 36.8 Å². The Morgan fingerprint density at radius 3 is 2.45 bits per heavy atom. The Hall–Kier alpha value is -1.97. The van der Waals surface area contributed by atoms with Crippen LogP contribution in [0, 0.1) is 13.8 Å². The van der Waals surface area contributed by atoms with Gasteiger partial charge in [0.05, 0.1) is 31.1 Å². The van der Waals surface area contributed by atoms with Gasteiger partial charge in [-0.05, 0) is 43.9 Å². The third-order valence-electron chi connectivity index (χ3n) is 5.74. The zero-order chi connectivity index (χ0) is 21.0. The van der Waals surface area contributed by atoms with Crippen LogP contribution in [-0.4, -0.2) is 63.4 Å². The topological polar surface area (TPSA) is 100 Å². The smallest absolute Gasteiger partial charge is 0.321 e. The number of quaternary nitrogens is 1. The van der Waals surface area contributed by atoms with Gasteiger partial charge in [-0.15, -0.1) is 0 Å². The summed E-state index contributed by atoms with van der Waals surface area (Å²) in [6, 6.07) is 5.16. The fourth-order valence-electron chi connectivity index (χ4n) is 4.03. The van der Waals surface area contributed by atoms with E-state index in [-0.39, 0.29) is 18.5 Å². The molecule has 1 saturated heterocycles. The van der Waals surface area contributed by atoms with E-state index in [9.17, 15) is 18.0 Å². The molecule has 3 N–H and O–H groups in total. The number of carbonyl (C=O) groups excluding carboxylic acids is 2. The van der Waals surface area contributed by atoms with Gasteiger partial charge in [0.2, 0.25) is 10.0 Å². The monoisotopic (exact) mass is 423 g/mol. The number of nitrogens with zero attached hydrogens (tertiary/aromatic N) is 1. The molecule has 1 heterocycles. The summed E-state index contributed by atoms with van der Waals surface area (Å²) in [4.78, 5) is 25.4. The molecule has 0 atom stereocenters. The van der Waals surface area contributed by atoms with Crippen LogP contribution in [0.2, 0.25) is 0 Å². The molecular weight excluding hydrogens is 392 g/mol. The second kappa shape index (κ2) is 9.23. The lowest BCUT2D eigenvalue weighted by atomic mass is 10.2. The lowest BCUT2D eigenvalue weighted by Crippen LogP contribution is -3.15. The van der Waals surface area contributed by atoms with Crippen LogP contribution >= 0.6 is 0 Å². The highest BCUT2D eigenvalue weighted by Gasteiger charge is 2.32. The molecule has 160 valence electrons. The number of piperazine rings is 1. The lowest BCUT2D eigenvalue weighted by Gasteiger charge is -2.31. The van der Waals surface area contributed by atoms with Crippen molar-refractivity contribution < 1.29 is 22.9 Å². The van der Waals surface area contributed by atoms with Crippen LogP contribution < -0.4 is 15.5 Å². The minimum atomic E-state index is -3.54. The standard InChI is InChI=1S/C20H30N4O4S/c1-15-7-8-16(2)18(13-15)29(27,28)24-11-9-23(10-12-24)14-19(25)22-20(26)21-17-5-3-4-6-17/h7-8,13,17H,3-6,9-12,14H2,1-2H3,(H2,21,22,25,26)/p+1. The fraction of sp³-hybridized carbons (Fsp3) is 0.600. The van der Waals surface area contributed by atoms with Crippen LogP contribution in [-0.2, 0) is 14.8 Å². The van der Waals surface area contributed by atoms with E-state index >= 15 is 0 Å². The summed E-state index contributed by atoms with van der Waals surface area (Å²) in [7, 11) is -3.54. The van der Waals surface area contributed by atoms with Gasteiger partial charge in [-0.2, -0.15) is 4.31 Å². The molecule has 3 amide bonds. The highest BCUT2D eigenvalue weighted by atomic mass is 32.2. The molecule has 0 spiro atoms. The number of sulfonamides is 1. The maximum Gasteiger partial charge on any atom is 0.321 e. The molecule has 0 aromatic heterocycles. The molecule has 1 aromatic rings. The lowest BCUT2D eigenvalue weighted by molar-refractivity contribution is -0.895. The molecular formula is C20H31N4O4S+. The summed E-state index contributed by atoms with van der Waals surface area (Å²) in [5.41, 5.74) is 1.64. The summed E-state index contributed by atoms with van der Waals surface area (Å²) in [5, 5.41) is 5.23. The van der Waals surface area contributed by atoms with E-state index in [4.69, 9.17) is 0 Å². The van der Waals surface area contributed by atoms with Crippen molar-refractivity contribution in [3.8, 4) is 0 Å². The molecule has 8 nitrogen and oxygen atoms in total. The Balaban J connectivity index is 1.49. The Morgan fingerprint density at radius 1 is 1.14 bits per heavy atom. The van der Waals surface area contributed by atoms with Gasteiger partial charge in [-0.25, -0.2) is 13.2 Å².